The second kappa shape index (κ2) is 7.58. The maximum Gasteiger partial charge on any atom is 0.226 e. The number of likely N-dealkylation sites (tertiary alicyclic amines) is 1. The van der Waals surface area contributed by atoms with E-state index in [1.165, 1.54) is 5.56 Å². The van der Waals surface area contributed by atoms with Crippen LogP contribution in [0, 0.1) is 0 Å². The van der Waals surface area contributed by atoms with Crippen molar-refractivity contribution < 1.29 is 4.79 Å². The van der Waals surface area contributed by atoms with Crippen LogP contribution in [0.15, 0.2) is 40.6 Å². The number of nitrogens with zero attached hydrogens (tertiary/aromatic N) is 4. The van der Waals surface area contributed by atoms with E-state index < -0.39 is 0 Å². The molecule has 0 radical (unpaired) electrons. The van der Waals surface area contributed by atoms with E-state index in [4.69, 9.17) is 0 Å². The van der Waals surface area contributed by atoms with E-state index in [1.807, 2.05) is 12.3 Å². The molecule has 1 N–H and O–H groups in total. The summed E-state index contributed by atoms with van der Waals surface area (Å²) in [6.07, 6.45) is 6.34. The van der Waals surface area contributed by atoms with E-state index in [9.17, 15) is 4.79 Å². The third-order valence-corrected chi connectivity index (χ3v) is 5.74. The van der Waals surface area contributed by atoms with Crippen molar-refractivity contribution in [2.45, 2.75) is 31.8 Å². The molecule has 0 spiro atoms. The van der Waals surface area contributed by atoms with Gasteiger partial charge in [0.25, 0.3) is 0 Å². The molecule has 7 heteroatoms. The Balaban J connectivity index is 1.27. The highest BCUT2D eigenvalue weighted by Gasteiger charge is 2.28. The molecule has 0 bridgehead atoms. The van der Waals surface area contributed by atoms with Gasteiger partial charge in [-0.05, 0) is 36.4 Å². The van der Waals surface area contributed by atoms with Gasteiger partial charge >= 0.3 is 0 Å². The van der Waals surface area contributed by atoms with E-state index >= 15 is 0 Å². The summed E-state index contributed by atoms with van der Waals surface area (Å²) in [5.74, 6) is 0.119. The molecule has 6 nitrogen and oxygen atoms in total. The first-order chi connectivity index (χ1) is 12.3. The Hall–Kier alpha value is -1.86. The predicted molar refractivity (Wildman–Crippen MR) is 100.0 cm³/mol. The Morgan fingerprint density at radius 3 is 3.24 bits per heavy atom. The summed E-state index contributed by atoms with van der Waals surface area (Å²) in [6.45, 7) is 4.63. The topological polar surface area (TPSA) is 60.8 Å². The first-order valence-electron chi connectivity index (χ1n) is 8.86. The van der Waals surface area contributed by atoms with Gasteiger partial charge in [-0.2, -0.15) is 0 Å². The van der Waals surface area contributed by atoms with Gasteiger partial charge in [-0.1, -0.05) is 17.8 Å². The van der Waals surface area contributed by atoms with Crippen molar-refractivity contribution in [3.05, 3.63) is 41.2 Å². The van der Waals surface area contributed by atoms with Crippen molar-refractivity contribution in [1.82, 2.24) is 20.1 Å². The Morgan fingerprint density at radius 1 is 1.40 bits per heavy atom. The fourth-order valence-electron chi connectivity index (χ4n) is 3.63. The number of amidine groups is 1. The monoisotopic (exact) mass is 357 g/mol. The third kappa shape index (κ3) is 4.04. The Morgan fingerprint density at radius 2 is 2.36 bits per heavy atom. The zero-order chi connectivity index (χ0) is 17.1. The maximum absolute atomic E-state index is 12.5. The number of rotatable bonds is 5. The molecule has 1 atom stereocenters. The van der Waals surface area contributed by atoms with Gasteiger partial charge in [0.2, 0.25) is 5.91 Å². The van der Waals surface area contributed by atoms with Crippen molar-refractivity contribution in [3.8, 4) is 0 Å². The summed E-state index contributed by atoms with van der Waals surface area (Å²) in [4.78, 5) is 25.6. The Labute approximate surface area is 152 Å². The summed E-state index contributed by atoms with van der Waals surface area (Å²) >= 11 is 1.63. The Bertz CT molecular complexity index is 690. The maximum atomic E-state index is 12.5. The van der Waals surface area contributed by atoms with Crippen LogP contribution >= 0.6 is 11.8 Å². The number of piperidine rings is 1. The van der Waals surface area contributed by atoms with Gasteiger partial charge in [0.1, 0.15) is 0 Å². The van der Waals surface area contributed by atoms with Crippen molar-refractivity contribution in [1.29, 1.82) is 0 Å². The van der Waals surface area contributed by atoms with Crippen LogP contribution < -0.4 is 5.32 Å². The number of pyridine rings is 1. The van der Waals surface area contributed by atoms with E-state index in [0.29, 0.717) is 6.42 Å². The molecule has 1 fully saturated rings. The molecule has 3 aliphatic rings. The minimum Gasteiger partial charge on any atom is -0.352 e. The van der Waals surface area contributed by atoms with Crippen LogP contribution in [0.4, 0.5) is 0 Å². The lowest BCUT2D eigenvalue weighted by atomic mass is 10.0. The number of aromatic nitrogens is 1. The van der Waals surface area contributed by atoms with Crippen LogP contribution in [-0.2, 0) is 11.3 Å². The first kappa shape index (κ1) is 16.6. The van der Waals surface area contributed by atoms with Crippen molar-refractivity contribution in [2.24, 2.45) is 4.99 Å². The van der Waals surface area contributed by atoms with E-state index in [-0.39, 0.29) is 11.9 Å². The van der Waals surface area contributed by atoms with E-state index in [2.05, 4.69) is 36.6 Å². The number of aliphatic imine (C=N–C) groups is 1. The van der Waals surface area contributed by atoms with E-state index in [0.717, 1.165) is 56.4 Å². The zero-order valence-electron chi connectivity index (χ0n) is 14.2. The normalized spacial score (nSPS) is 23.2. The average Bonchev–Trinajstić information content (AvgIpc) is 3.21. The summed E-state index contributed by atoms with van der Waals surface area (Å²) in [6, 6.07) is 4.32. The van der Waals surface area contributed by atoms with Gasteiger partial charge in [0.05, 0.1) is 13.0 Å². The van der Waals surface area contributed by atoms with Crippen LogP contribution in [0.1, 0.15) is 24.8 Å². The number of hydrogen-bond acceptors (Lipinski definition) is 6. The average molecular weight is 357 g/mol. The van der Waals surface area contributed by atoms with Crippen LogP contribution in [0.5, 0.6) is 0 Å². The minimum atomic E-state index is 0.119. The fraction of sp³-hybridized carbons (Fsp3) is 0.500. The highest BCUT2D eigenvalue weighted by Crippen LogP contribution is 2.30. The number of carbonyl (C=O) groups is 1. The SMILES string of the molecule is O=C(CC1=CSC2=NCCN12)NC1CCCN(Cc2cccnc2)C1. The highest BCUT2D eigenvalue weighted by atomic mass is 32.2. The lowest BCUT2D eigenvalue weighted by Gasteiger charge is -2.33. The highest BCUT2D eigenvalue weighted by molar-refractivity contribution is 8.16. The molecule has 0 aliphatic carbocycles. The predicted octanol–water partition coefficient (Wildman–Crippen LogP) is 1.81. The molecule has 1 aromatic heterocycles. The molecule has 1 amide bonds. The van der Waals surface area contributed by atoms with Gasteiger partial charge in [-0.3, -0.25) is 19.7 Å². The third-order valence-electron chi connectivity index (χ3n) is 4.79. The fourth-order valence-corrected chi connectivity index (χ4v) is 4.58. The standard InChI is InChI=1S/C18H23N5OS/c24-17(9-16-13-25-18-20-6-8-23(16)18)21-15-4-2-7-22(12-15)11-14-3-1-5-19-10-14/h1,3,5,10,13,15H,2,4,6-9,11-12H2,(H,21,24). The number of hydrogen-bond donors (Lipinski definition) is 1. The zero-order valence-corrected chi connectivity index (χ0v) is 15.0. The van der Waals surface area contributed by atoms with Crippen molar-refractivity contribution in [2.75, 3.05) is 26.2 Å². The summed E-state index contributed by atoms with van der Waals surface area (Å²) in [7, 11) is 0. The molecule has 1 saturated heterocycles. The summed E-state index contributed by atoms with van der Waals surface area (Å²) in [5.41, 5.74) is 2.31. The Kier molecular flexibility index (Phi) is 5.03. The largest absolute Gasteiger partial charge is 0.352 e. The van der Waals surface area contributed by atoms with Gasteiger partial charge in [0, 0.05) is 43.8 Å². The molecule has 4 rings (SSSR count). The quantitative estimate of drug-likeness (QED) is 0.871. The lowest BCUT2D eigenvalue weighted by molar-refractivity contribution is -0.121. The molecular formula is C18H23N5OS. The van der Waals surface area contributed by atoms with Crippen LogP contribution in [0.2, 0.25) is 0 Å². The number of fused-ring (bicyclic) bond motifs is 1. The van der Waals surface area contributed by atoms with Crippen LogP contribution in [-0.4, -0.2) is 58.1 Å². The van der Waals surface area contributed by atoms with Crippen molar-refractivity contribution in [3.63, 3.8) is 0 Å². The number of nitrogens with one attached hydrogen (secondary N) is 1. The van der Waals surface area contributed by atoms with Gasteiger partial charge in [-0.25, -0.2) is 0 Å². The molecule has 0 aromatic carbocycles. The van der Waals surface area contributed by atoms with Crippen LogP contribution in [0.3, 0.4) is 0 Å². The van der Waals surface area contributed by atoms with E-state index in [1.54, 1.807) is 18.0 Å². The number of amides is 1. The molecule has 132 valence electrons. The first-order valence-corrected chi connectivity index (χ1v) is 9.74. The number of thioether (sulfide) groups is 1. The molecule has 0 saturated carbocycles. The second-order valence-electron chi connectivity index (χ2n) is 6.72. The molecule has 3 aliphatic heterocycles. The molecule has 25 heavy (non-hydrogen) atoms. The van der Waals surface area contributed by atoms with Crippen LogP contribution in [0.25, 0.3) is 0 Å². The van der Waals surface area contributed by atoms with Crippen molar-refractivity contribution >= 4 is 22.8 Å². The minimum absolute atomic E-state index is 0.119. The molecule has 1 unspecified atom stereocenters. The molecule has 4 heterocycles. The molecular weight excluding hydrogens is 334 g/mol. The van der Waals surface area contributed by atoms with Gasteiger partial charge < -0.3 is 10.2 Å². The second-order valence-corrected chi connectivity index (χ2v) is 7.56. The van der Waals surface area contributed by atoms with Gasteiger partial charge in [0.15, 0.2) is 5.17 Å². The number of carbonyl (C=O) groups excluding carboxylic acids is 1. The summed E-state index contributed by atoms with van der Waals surface area (Å²) in [5, 5.41) is 6.34. The lowest BCUT2D eigenvalue weighted by Crippen LogP contribution is -2.47. The smallest absolute Gasteiger partial charge is 0.226 e. The molecule has 1 aromatic rings. The van der Waals surface area contributed by atoms with Gasteiger partial charge in [-0.15, -0.1) is 0 Å². The summed E-state index contributed by atoms with van der Waals surface area (Å²) < 4.78 is 0.